The average Bonchev–Trinajstić information content (AvgIpc) is 1.94. The Balaban J connectivity index is 3.45. The first kappa shape index (κ1) is 13.4. The molecule has 0 amide bonds. The first-order valence-corrected chi connectivity index (χ1v) is 5.05. The fourth-order valence-corrected chi connectivity index (χ4v) is 1.44. The van der Waals surface area contributed by atoms with Gasteiger partial charge < -0.3 is 15.7 Å². The summed E-state index contributed by atoms with van der Waals surface area (Å²) in [6.07, 6.45) is 2.65. The van der Waals surface area contributed by atoms with Crippen LogP contribution >= 0.6 is 0 Å². The molecule has 0 heterocycles. The summed E-state index contributed by atoms with van der Waals surface area (Å²) in [4.78, 5) is 2.10. The van der Waals surface area contributed by atoms with Gasteiger partial charge in [0.2, 0.25) is 0 Å². The number of aliphatic hydroxyl groups is 1. The van der Waals surface area contributed by atoms with Crippen LogP contribution in [0, 0.1) is 5.41 Å². The van der Waals surface area contributed by atoms with E-state index in [1.54, 1.807) is 13.8 Å². The second kappa shape index (κ2) is 5.98. The molecule has 0 atom stereocenters. The van der Waals surface area contributed by atoms with Gasteiger partial charge in [0.25, 0.3) is 0 Å². The van der Waals surface area contributed by atoms with Gasteiger partial charge in [0.1, 0.15) is 0 Å². The van der Waals surface area contributed by atoms with Gasteiger partial charge in [-0.15, -0.1) is 0 Å². The van der Waals surface area contributed by atoms with Crippen LogP contribution in [0.2, 0.25) is 0 Å². The molecule has 4 nitrogen and oxygen atoms in total. The van der Waals surface area contributed by atoms with Crippen molar-refractivity contribution in [2.75, 3.05) is 20.1 Å². The summed E-state index contributed by atoms with van der Waals surface area (Å²) in [7, 11) is 1.99. The molecule has 0 saturated carbocycles. The van der Waals surface area contributed by atoms with Crippen LogP contribution in [0.3, 0.4) is 0 Å². The minimum Gasteiger partial charge on any atom is -0.389 e. The third-order valence-electron chi connectivity index (χ3n) is 1.89. The monoisotopic (exact) mass is 201 g/mol. The standard InChI is InChI=1S/C10H23N3O/c1-10(2,14)8-13(3)7-5-4-6-9(11)12/h14H,4-8H2,1-3H3,(H3,11,12). The molecule has 0 rings (SSSR count). The number of nitrogens with zero attached hydrogens (tertiary/aromatic N) is 1. The van der Waals surface area contributed by atoms with E-state index in [1.165, 1.54) is 0 Å². The maximum absolute atomic E-state index is 9.54. The van der Waals surface area contributed by atoms with Gasteiger partial charge in [0.15, 0.2) is 0 Å². The number of likely N-dealkylation sites (N-methyl/N-ethyl adjacent to an activating group) is 1. The molecule has 0 bridgehead atoms. The quantitative estimate of drug-likeness (QED) is 0.324. The molecule has 4 heteroatoms. The maximum Gasteiger partial charge on any atom is 0.0905 e. The number of nitrogens with two attached hydrogens (primary N) is 1. The third kappa shape index (κ3) is 9.48. The molecule has 0 fully saturated rings. The molecule has 0 aromatic heterocycles. The Morgan fingerprint density at radius 2 is 2.00 bits per heavy atom. The Morgan fingerprint density at radius 1 is 1.43 bits per heavy atom. The molecule has 0 aliphatic carbocycles. The van der Waals surface area contributed by atoms with Gasteiger partial charge in [0.05, 0.1) is 11.4 Å². The molecular formula is C10H23N3O. The zero-order chi connectivity index (χ0) is 11.2. The number of rotatable bonds is 7. The van der Waals surface area contributed by atoms with Gasteiger partial charge >= 0.3 is 0 Å². The lowest BCUT2D eigenvalue weighted by Crippen LogP contribution is -2.36. The minimum absolute atomic E-state index is 0.259. The zero-order valence-electron chi connectivity index (χ0n) is 9.51. The number of amidine groups is 1. The highest BCUT2D eigenvalue weighted by atomic mass is 16.3. The molecule has 0 aromatic carbocycles. The molecule has 0 radical (unpaired) electrons. The van der Waals surface area contributed by atoms with Crippen molar-refractivity contribution >= 4 is 5.84 Å². The van der Waals surface area contributed by atoms with Gasteiger partial charge in [-0.2, -0.15) is 0 Å². The number of unbranched alkanes of at least 4 members (excludes halogenated alkanes) is 1. The number of hydrogen-bond donors (Lipinski definition) is 3. The predicted molar refractivity (Wildman–Crippen MR) is 59.6 cm³/mol. The highest BCUT2D eigenvalue weighted by Gasteiger charge is 2.14. The molecule has 0 saturated heterocycles. The maximum atomic E-state index is 9.54. The Labute approximate surface area is 86.6 Å². The molecule has 84 valence electrons. The van der Waals surface area contributed by atoms with Crippen LogP contribution in [-0.2, 0) is 0 Å². The molecular weight excluding hydrogens is 178 g/mol. The normalized spacial score (nSPS) is 12.1. The van der Waals surface area contributed by atoms with Crippen molar-refractivity contribution in [2.45, 2.75) is 38.7 Å². The summed E-state index contributed by atoms with van der Waals surface area (Å²) >= 11 is 0. The van der Waals surface area contributed by atoms with E-state index in [1.807, 2.05) is 7.05 Å². The van der Waals surface area contributed by atoms with Gasteiger partial charge in [-0.1, -0.05) is 0 Å². The lowest BCUT2D eigenvalue weighted by atomic mass is 10.1. The van der Waals surface area contributed by atoms with Crippen LogP contribution in [0.15, 0.2) is 0 Å². The van der Waals surface area contributed by atoms with Gasteiger partial charge in [-0.25, -0.2) is 0 Å². The molecule has 4 N–H and O–H groups in total. The fraction of sp³-hybridized carbons (Fsp3) is 0.900. The Hall–Kier alpha value is -0.610. The van der Waals surface area contributed by atoms with E-state index in [4.69, 9.17) is 11.1 Å². The van der Waals surface area contributed by atoms with E-state index in [-0.39, 0.29) is 5.84 Å². The summed E-state index contributed by atoms with van der Waals surface area (Å²) < 4.78 is 0. The van der Waals surface area contributed by atoms with Crippen molar-refractivity contribution in [1.82, 2.24) is 4.90 Å². The molecule has 0 spiro atoms. The minimum atomic E-state index is -0.630. The Kier molecular flexibility index (Phi) is 5.72. The highest BCUT2D eigenvalue weighted by Crippen LogP contribution is 2.04. The summed E-state index contributed by atoms with van der Waals surface area (Å²) in [5.41, 5.74) is 4.61. The van der Waals surface area contributed by atoms with E-state index in [0.717, 1.165) is 19.4 Å². The molecule has 0 aliphatic heterocycles. The van der Waals surface area contributed by atoms with E-state index in [0.29, 0.717) is 13.0 Å². The van der Waals surface area contributed by atoms with E-state index >= 15 is 0 Å². The second-order valence-electron chi connectivity index (χ2n) is 4.53. The van der Waals surface area contributed by atoms with Crippen molar-refractivity contribution in [3.63, 3.8) is 0 Å². The van der Waals surface area contributed by atoms with Crippen molar-refractivity contribution in [3.05, 3.63) is 0 Å². The van der Waals surface area contributed by atoms with Crippen LogP contribution in [0.5, 0.6) is 0 Å². The predicted octanol–water partition coefficient (Wildman–Crippen LogP) is 0.795. The first-order chi connectivity index (χ1) is 6.31. The molecule has 14 heavy (non-hydrogen) atoms. The Bertz CT molecular complexity index is 175. The third-order valence-corrected chi connectivity index (χ3v) is 1.89. The van der Waals surface area contributed by atoms with E-state index < -0.39 is 5.60 Å². The number of hydrogen-bond acceptors (Lipinski definition) is 3. The van der Waals surface area contributed by atoms with Gasteiger partial charge in [-0.3, -0.25) is 5.41 Å². The van der Waals surface area contributed by atoms with E-state index in [9.17, 15) is 5.11 Å². The van der Waals surface area contributed by atoms with Crippen molar-refractivity contribution in [3.8, 4) is 0 Å². The number of nitrogens with one attached hydrogen (secondary N) is 1. The summed E-state index contributed by atoms with van der Waals surface area (Å²) in [6, 6.07) is 0. The van der Waals surface area contributed by atoms with Crippen molar-refractivity contribution < 1.29 is 5.11 Å². The zero-order valence-corrected chi connectivity index (χ0v) is 9.51. The highest BCUT2D eigenvalue weighted by molar-refractivity contribution is 5.76. The fourth-order valence-electron chi connectivity index (χ4n) is 1.44. The lowest BCUT2D eigenvalue weighted by molar-refractivity contribution is 0.0442. The van der Waals surface area contributed by atoms with Crippen LogP contribution in [0.4, 0.5) is 0 Å². The second-order valence-corrected chi connectivity index (χ2v) is 4.53. The first-order valence-electron chi connectivity index (χ1n) is 5.05. The molecule has 0 unspecified atom stereocenters. The van der Waals surface area contributed by atoms with E-state index in [2.05, 4.69) is 4.90 Å². The molecule has 0 aromatic rings. The van der Waals surface area contributed by atoms with Crippen LogP contribution < -0.4 is 5.73 Å². The topological polar surface area (TPSA) is 73.3 Å². The molecule has 0 aliphatic rings. The largest absolute Gasteiger partial charge is 0.389 e. The Morgan fingerprint density at radius 3 is 2.43 bits per heavy atom. The summed E-state index contributed by atoms with van der Waals surface area (Å²) in [5, 5.41) is 16.6. The smallest absolute Gasteiger partial charge is 0.0905 e. The summed E-state index contributed by atoms with van der Waals surface area (Å²) in [5.74, 6) is 0.259. The lowest BCUT2D eigenvalue weighted by Gasteiger charge is -2.25. The van der Waals surface area contributed by atoms with Crippen LogP contribution in [0.25, 0.3) is 0 Å². The summed E-state index contributed by atoms with van der Waals surface area (Å²) in [6.45, 7) is 5.22. The van der Waals surface area contributed by atoms with Crippen molar-refractivity contribution in [1.29, 1.82) is 5.41 Å². The van der Waals surface area contributed by atoms with Gasteiger partial charge in [0, 0.05) is 13.0 Å². The SMILES string of the molecule is CN(CCCCC(=N)N)CC(C)(C)O. The van der Waals surface area contributed by atoms with Crippen molar-refractivity contribution in [2.24, 2.45) is 5.73 Å². The van der Waals surface area contributed by atoms with Gasteiger partial charge in [-0.05, 0) is 40.3 Å². The average molecular weight is 201 g/mol. The van der Waals surface area contributed by atoms with Crippen LogP contribution in [0.1, 0.15) is 33.1 Å². The van der Waals surface area contributed by atoms with Crippen LogP contribution in [-0.4, -0.2) is 41.6 Å².